The summed E-state index contributed by atoms with van der Waals surface area (Å²) in [6.07, 6.45) is -50.2. The van der Waals surface area contributed by atoms with Crippen molar-refractivity contribution in [3.63, 3.8) is 0 Å². The van der Waals surface area contributed by atoms with Crippen LogP contribution in [0, 0.1) is 0 Å². The number of carboxylic acid groups (broad SMARTS) is 2. The number of aliphatic carboxylic acids is 2. The van der Waals surface area contributed by atoms with Crippen LogP contribution >= 0.6 is 0 Å². The van der Waals surface area contributed by atoms with Crippen molar-refractivity contribution in [3.8, 4) is 0 Å². The van der Waals surface area contributed by atoms with Gasteiger partial charge in [-0.2, -0.15) is 0 Å². The van der Waals surface area contributed by atoms with Crippen molar-refractivity contribution in [3.05, 3.63) is 0 Å². The molecule has 35 heteroatoms. The van der Waals surface area contributed by atoms with Crippen molar-refractivity contribution in [2.45, 2.75) is 198 Å². The number of rotatable bonds is 22. The van der Waals surface area contributed by atoms with Crippen molar-refractivity contribution in [1.29, 1.82) is 0 Å². The van der Waals surface area contributed by atoms with Gasteiger partial charge in [0.25, 0.3) is 11.6 Å². The fourth-order valence-electron chi connectivity index (χ4n) is 9.53. The lowest BCUT2D eigenvalue weighted by Crippen LogP contribution is -2.72. The van der Waals surface area contributed by atoms with Crippen LogP contribution < -0.4 is 16.0 Å². The Labute approximate surface area is 434 Å². The van der Waals surface area contributed by atoms with Gasteiger partial charge in [0, 0.05) is 33.6 Å². The van der Waals surface area contributed by atoms with Crippen molar-refractivity contribution >= 4 is 29.7 Å². The molecule has 27 atom stereocenters. The summed E-state index contributed by atoms with van der Waals surface area (Å²) >= 11 is 0. The second-order valence-electron chi connectivity index (χ2n) is 19.0. The first-order chi connectivity index (χ1) is 36.0. The summed E-state index contributed by atoms with van der Waals surface area (Å²) in [5, 5.41) is 200. The average Bonchev–Trinajstić information content (AvgIpc) is 3.37. The zero-order chi connectivity index (χ0) is 57.8. The van der Waals surface area contributed by atoms with Gasteiger partial charge in [-0.15, -0.1) is 0 Å². The van der Waals surface area contributed by atoms with Crippen LogP contribution in [-0.4, -0.2) is 319 Å². The fourth-order valence-corrected chi connectivity index (χ4v) is 9.53. The molecule has 21 N–H and O–H groups in total. The van der Waals surface area contributed by atoms with Gasteiger partial charge >= 0.3 is 11.9 Å². The van der Waals surface area contributed by atoms with Crippen molar-refractivity contribution in [2.24, 2.45) is 0 Å². The summed E-state index contributed by atoms with van der Waals surface area (Å²) in [5.41, 5.74) is 0. The number of hydrogen-bond donors (Lipinski definition) is 21. The molecule has 5 heterocycles. The normalized spacial score (nSPS) is 43.2. The summed E-state index contributed by atoms with van der Waals surface area (Å²) in [4.78, 5) is 63.3. The third-order valence-corrected chi connectivity index (χ3v) is 13.5. The molecule has 0 aromatic carbocycles. The minimum absolute atomic E-state index is 0.827. The first-order valence-corrected chi connectivity index (χ1v) is 23.8. The quantitative estimate of drug-likeness (QED) is 0.0479. The summed E-state index contributed by atoms with van der Waals surface area (Å²) in [6, 6.07) is -5.40. The predicted octanol–water partition coefficient (Wildman–Crippen LogP) is -13.1. The molecule has 35 nitrogen and oxygen atoms in total. The Kier molecular flexibility index (Phi) is 22.3. The number of carbonyl (C=O) groups excluding carboxylic acids is 3. The van der Waals surface area contributed by atoms with Crippen LogP contribution in [0.2, 0.25) is 0 Å². The molecule has 5 rings (SSSR count). The highest BCUT2D eigenvalue weighted by Gasteiger charge is 2.62. The zero-order valence-electron chi connectivity index (χ0n) is 41.1. The molecule has 3 amide bonds. The van der Waals surface area contributed by atoms with E-state index in [-0.39, 0.29) is 0 Å². The summed E-state index contributed by atoms with van der Waals surface area (Å²) in [7, 11) is 0. The number of hydrogen-bond acceptors (Lipinski definition) is 30. The Morgan fingerprint density at radius 2 is 0.974 bits per heavy atom. The number of carbonyl (C=O) groups is 5. The number of carboxylic acids is 2. The minimum atomic E-state index is -3.39. The van der Waals surface area contributed by atoms with Gasteiger partial charge in [0.2, 0.25) is 17.7 Å². The van der Waals surface area contributed by atoms with Gasteiger partial charge in [-0.25, -0.2) is 9.59 Å². The van der Waals surface area contributed by atoms with Crippen LogP contribution in [0.1, 0.15) is 33.6 Å². The smallest absolute Gasteiger partial charge is 0.364 e. The van der Waals surface area contributed by atoms with E-state index in [0.717, 1.165) is 20.8 Å². The highest BCUT2D eigenvalue weighted by molar-refractivity contribution is 5.77. The van der Waals surface area contributed by atoms with Crippen molar-refractivity contribution < 1.29 is 159 Å². The molecule has 0 aromatic heterocycles. The molecular formula is C42H69N3O32. The van der Waals surface area contributed by atoms with Gasteiger partial charge in [0.05, 0.1) is 57.3 Å². The molecule has 0 radical (unpaired) electrons. The number of aliphatic hydroxyl groups excluding tert-OH is 16. The van der Waals surface area contributed by atoms with Crippen LogP contribution in [-0.2, 0) is 66.6 Å². The molecule has 5 saturated heterocycles. The van der Waals surface area contributed by atoms with E-state index in [1.165, 1.54) is 0 Å². The molecule has 0 spiro atoms. The molecule has 77 heavy (non-hydrogen) atoms. The topological polar surface area (TPSA) is 569 Å². The number of amides is 3. The molecule has 0 saturated carbocycles. The van der Waals surface area contributed by atoms with Gasteiger partial charge < -0.3 is 150 Å². The molecule has 5 aliphatic rings. The number of nitrogens with one attached hydrogen (secondary N) is 3. The van der Waals surface area contributed by atoms with Crippen molar-refractivity contribution in [1.82, 2.24) is 16.0 Å². The predicted molar refractivity (Wildman–Crippen MR) is 236 cm³/mol. The van der Waals surface area contributed by atoms with Gasteiger partial charge in [-0.3, -0.25) is 14.4 Å². The van der Waals surface area contributed by atoms with Crippen molar-refractivity contribution in [2.75, 3.05) is 33.0 Å². The zero-order valence-corrected chi connectivity index (χ0v) is 41.1. The SMILES string of the molecule is CC(=O)N[C@H]1[C@H](O[C@@H]2[C@H](O[C@]3(C(=O)O)C[C@H](O)[C@@H](NC(C)=O)[C@H]([C@H](O)[C@H](O)CO)O3)[C@@H](O)[C@H](O[C@H]3[C@H](O)[C@@H](O)[C@H](O)O[C@@H]3CO)O[C@@H]2CO)O[C@H](CO[C@]2(C(=O)O)C[C@H](O)[C@@H](NC(C)=O)[C@H]([C@H](O)[C@H](O)CO)O2)[C@H](O)[C@@H]1O. The molecule has 5 fully saturated rings. The van der Waals surface area contributed by atoms with Crippen LogP contribution in [0.3, 0.4) is 0 Å². The third kappa shape index (κ3) is 14.1. The fraction of sp³-hybridized carbons (Fsp3) is 0.881. The second-order valence-corrected chi connectivity index (χ2v) is 19.0. The molecule has 0 aromatic rings. The monoisotopic (exact) mass is 1130 g/mol. The third-order valence-electron chi connectivity index (χ3n) is 13.5. The number of aliphatic hydroxyl groups is 16. The lowest BCUT2D eigenvalue weighted by molar-refractivity contribution is -0.401. The summed E-state index contributed by atoms with van der Waals surface area (Å²) in [5.74, 6) is -13.4. The van der Waals surface area contributed by atoms with E-state index in [2.05, 4.69) is 16.0 Å². The molecule has 444 valence electrons. The summed E-state index contributed by atoms with van der Waals surface area (Å²) < 4.78 is 51.6. The molecule has 5 aliphatic heterocycles. The first-order valence-electron chi connectivity index (χ1n) is 23.8. The maximum absolute atomic E-state index is 13.5. The minimum Gasteiger partial charge on any atom is -0.477 e. The van der Waals surface area contributed by atoms with Crippen LogP contribution in [0.4, 0.5) is 0 Å². The Balaban J connectivity index is 1.58. The van der Waals surface area contributed by atoms with Crippen LogP contribution in [0.5, 0.6) is 0 Å². The van der Waals surface area contributed by atoms with Crippen LogP contribution in [0.25, 0.3) is 0 Å². The van der Waals surface area contributed by atoms with E-state index in [0.29, 0.717) is 0 Å². The van der Waals surface area contributed by atoms with Gasteiger partial charge in [-0.1, -0.05) is 0 Å². The number of ether oxygens (including phenoxy) is 9. The Morgan fingerprint density at radius 1 is 0.532 bits per heavy atom. The second kappa shape index (κ2) is 26.7. The van der Waals surface area contributed by atoms with E-state index < -0.39 is 240 Å². The Morgan fingerprint density at radius 3 is 1.44 bits per heavy atom. The maximum Gasteiger partial charge on any atom is 0.364 e. The van der Waals surface area contributed by atoms with Gasteiger partial charge in [0.15, 0.2) is 18.9 Å². The van der Waals surface area contributed by atoms with E-state index in [1.807, 2.05) is 0 Å². The summed E-state index contributed by atoms with van der Waals surface area (Å²) in [6.45, 7) is -3.07. The van der Waals surface area contributed by atoms with E-state index >= 15 is 0 Å². The van der Waals surface area contributed by atoms with Gasteiger partial charge in [-0.05, 0) is 0 Å². The Hall–Kier alpha value is -3.65. The standard InChI is InChI=1S/C42H69N3O32/c1-11(50)43-21-14(53)4-41(39(65)66,75-33(21)24(57)16(55)6-46)69-10-20-26(59)27(60)23(45-13(3)52)37(72-20)74-32-19(9-49)71-38(73-31-18(8-48)70-36(64)29(62)28(31)61)30(63)35(32)77-42(40(67)68)5-15(54)22(44-12(2)51)34(76-42)25(58)17(56)7-47/h14-38,46-49,53-64H,4-10H2,1-3H3,(H,43,50)(H,44,51)(H,45,52)(H,65,66)(H,67,68)/t14-,15-,16+,17+,18+,19+,20+,21+,22+,23+,24+,25+,26-,27+,28+,29+,30+,31+,32-,33+,34+,35+,36+,37-,38-,41+,42-/m0/s1. The Bertz CT molecular complexity index is 2000. The van der Waals surface area contributed by atoms with Gasteiger partial charge in [0.1, 0.15) is 110 Å². The van der Waals surface area contributed by atoms with E-state index in [4.69, 9.17) is 42.6 Å². The lowest BCUT2D eigenvalue weighted by Gasteiger charge is -2.52. The maximum atomic E-state index is 13.5. The molecular weight excluding hydrogens is 1060 g/mol. The first kappa shape index (κ1) is 64.2. The van der Waals surface area contributed by atoms with E-state index in [9.17, 15) is 116 Å². The highest BCUT2D eigenvalue weighted by Crippen LogP contribution is 2.41. The largest absolute Gasteiger partial charge is 0.477 e. The molecule has 0 aliphatic carbocycles. The highest BCUT2D eigenvalue weighted by atomic mass is 16.8. The average molecular weight is 1130 g/mol. The van der Waals surface area contributed by atoms with Crippen LogP contribution in [0.15, 0.2) is 0 Å². The molecule has 0 bridgehead atoms. The lowest BCUT2D eigenvalue weighted by atomic mass is 9.88. The van der Waals surface area contributed by atoms with E-state index in [1.54, 1.807) is 0 Å². The molecule has 0 unspecified atom stereocenters.